The van der Waals surface area contributed by atoms with Gasteiger partial charge in [0, 0.05) is 5.02 Å². The van der Waals surface area contributed by atoms with Crippen LogP contribution in [0.15, 0.2) is 48.9 Å². The third-order valence-electron chi connectivity index (χ3n) is 4.23. The number of benzene rings is 1. The summed E-state index contributed by atoms with van der Waals surface area (Å²) >= 11 is 5.87. The summed E-state index contributed by atoms with van der Waals surface area (Å²) in [6.45, 7) is 6.01. The highest BCUT2D eigenvalue weighted by Crippen LogP contribution is 2.40. The van der Waals surface area contributed by atoms with Crippen LogP contribution in [0.3, 0.4) is 0 Å². The third kappa shape index (κ3) is 3.84. The lowest BCUT2D eigenvalue weighted by Gasteiger charge is -2.39. The predicted molar refractivity (Wildman–Crippen MR) is 96.9 cm³/mol. The van der Waals surface area contributed by atoms with Gasteiger partial charge >= 0.3 is 0 Å². The third-order valence-corrected chi connectivity index (χ3v) is 4.48. The number of aliphatic hydroxyl groups is 1. The van der Waals surface area contributed by atoms with E-state index in [1.807, 2.05) is 20.8 Å². The summed E-state index contributed by atoms with van der Waals surface area (Å²) in [6.07, 6.45) is 3.05. The van der Waals surface area contributed by atoms with Crippen LogP contribution in [-0.2, 0) is 12.1 Å². The van der Waals surface area contributed by atoms with Gasteiger partial charge in [-0.1, -0.05) is 32.4 Å². The number of aromatic nitrogens is 5. The zero-order valence-corrected chi connectivity index (χ0v) is 15.6. The summed E-state index contributed by atoms with van der Waals surface area (Å²) in [5, 5.41) is 23.1. The molecule has 2 aromatic heterocycles. The lowest BCUT2D eigenvalue weighted by molar-refractivity contribution is -0.0841. The molecule has 7 nitrogen and oxygen atoms in total. The molecule has 0 amide bonds. The number of pyridine rings is 1. The molecule has 0 saturated heterocycles. The molecule has 0 aliphatic carbocycles. The van der Waals surface area contributed by atoms with Gasteiger partial charge in [0.25, 0.3) is 0 Å². The maximum Gasteiger partial charge on any atom is 0.145 e. The Balaban J connectivity index is 1.85. The van der Waals surface area contributed by atoms with E-state index in [1.54, 1.807) is 42.6 Å². The second-order valence-corrected chi connectivity index (χ2v) is 7.49. The van der Waals surface area contributed by atoms with Crippen molar-refractivity contribution in [1.29, 1.82) is 0 Å². The van der Waals surface area contributed by atoms with E-state index in [1.165, 1.54) is 11.0 Å². The SMILES string of the molecule is CC(C)(C)C(O)(Cn1cnnn1)c1ccc(Oc2ccc(Cl)cc2)cn1. The quantitative estimate of drug-likeness (QED) is 0.737. The molecule has 3 aromatic rings. The Kier molecular flexibility index (Phi) is 4.93. The second-order valence-electron chi connectivity index (χ2n) is 7.05. The molecule has 0 aliphatic heterocycles. The summed E-state index contributed by atoms with van der Waals surface area (Å²) in [6, 6.07) is 10.6. The minimum absolute atomic E-state index is 0.188. The zero-order valence-electron chi connectivity index (χ0n) is 14.8. The molecule has 0 radical (unpaired) electrons. The monoisotopic (exact) mass is 373 g/mol. The van der Waals surface area contributed by atoms with Crippen LogP contribution in [0, 0.1) is 5.41 Å². The molecular weight excluding hydrogens is 354 g/mol. The summed E-state index contributed by atoms with van der Waals surface area (Å²) in [7, 11) is 0. The molecule has 1 unspecified atom stereocenters. The van der Waals surface area contributed by atoms with Crippen molar-refractivity contribution >= 4 is 11.6 Å². The fourth-order valence-electron chi connectivity index (χ4n) is 2.51. The molecule has 0 spiro atoms. The normalized spacial score (nSPS) is 14.0. The fourth-order valence-corrected chi connectivity index (χ4v) is 2.64. The first-order valence-corrected chi connectivity index (χ1v) is 8.49. The smallest absolute Gasteiger partial charge is 0.145 e. The maximum atomic E-state index is 11.4. The minimum atomic E-state index is -1.26. The van der Waals surface area contributed by atoms with Crippen molar-refractivity contribution in [2.75, 3.05) is 0 Å². The van der Waals surface area contributed by atoms with Crippen LogP contribution in [0.1, 0.15) is 26.5 Å². The maximum absolute atomic E-state index is 11.4. The molecule has 0 aliphatic rings. The number of hydrogen-bond donors (Lipinski definition) is 1. The first-order valence-electron chi connectivity index (χ1n) is 8.11. The Labute approximate surface area is 156 Å². The van der Waals surface area contributed by atoms with Gasteiger partial charge in [-0.2, -0.15) is 0 Å². The van der Waals surface area contributed by atoms with Crippen molar-refractivity contribution in [3.05, 3.63) is 59.6 Å². The van der Waals surface area contributed by atoms with Crippen LogP contribution in [-0.4, -0.2) is 30.3 Å². The average molecular weight is 374 g/mol. The summed E-state index contributed by atoms with van der Waals surface area (Å²) in [4.78, 5) is 4.43. The van der Waals surface area contributed by atoms with Crippen molar-refractivity contribution in [2.24, 2.45) is 5.41 Å². The van der Waals surface area contributed by atoms with E-state index in [9.17, 15) is 5.11 Å². The first-order chi connectivity index (χ1) is 12.3. The van der Waals surface area contributed by atoms with Crippen LogP contribution in [0.4, 0.5) is 0 Å². The Hall–Kier alpha value is -2.51. The van der Waals surface area contributed by atoms with E-state index in [4.69, 9.17) is 16.3 Å². The van der Waals surface area contributed by atoms with Crippen molar-refractivity contribution in [1.82, 2.24) is 25.2 Å². The molecule has 136 valence electrons. The standard InChI is InChI=1S/C18H20ClN5O2/c1-17(2,3)18(25,11-24-12-21-22-23-24)16-9-8-15(10-20-16)26-14-6-4-13(19)5-7-14/h4-10,12,25H,11H2,1-3H3. The van der Waals surface area contributed by atoms with Gasteiger partial charge in [-0.25, -0.2) is 4.68 Å². The molecule has 0 bridgehead atoms. The molecule has 1 N–H and O–H groups in total. The topological polar surface area (TPSA) is 86.0 Å². The Morgan fingerprint density at radius 2 is 1.77 bits per heavy atom. The summed E-state index contributed by atoms with van der Waals surface area (Å²) in [5.74, 6) is 1.22. The molecular formula is C18H20ClN5O2. The van der Waals surface area contributed by atoms with E-state index in [2.05, 4.69) is 20.5 Å². The fraction of sp³-hybridized carbons (Fsp3) is 0.333. The van der Waals surface area contributed by atoms with Crippen molar-refractivity contribution < 1.29 is 9.84 Å². The van der Waals surface area contributed by atoms with E-state index in [-0.39, 0.29) is 6.54 Å². The van der Waals surface area contributed by atoms with Gasteiger partial charge in [0.1, 0.15) is 23.4 Å². The second kappa shape index (κ2) is 7.01. The Bertz CT molecular complexity index is 845. The molecule has 1 aromatic carbocycles. The molecule has 3 rings (SSSR count). The Morgan fingerprint density at radius 1 is 1.08 bits per heavy atom. The van der Waals surface area contributed by atoms with Crippen molar-refractivity contribution in [2.45, 2.75) is 32.9 Å². The number of tetrazole rings is 1. The van der Waals surface area contributed by atoms with E-state index < -0.39 is 11.0 Å². The van der Waals surface area contributed by atoms with Crippen LogP contribution in [0.5, 0.6) is 11.5 Å². The number of halogens is 1. The summed E-state index contributed by atoms with van der Waals surface area (Å²) < 4.78 is 7.24. The molecule has 2 heterocycles. The summed E-state index contributed by atoms with van der Waals surface area (Å²) in [5.41, 5.74) is -1.24. The van der Waals surface area contributed by atoms with E-state index in [0.717, 1.165) is 0 Å². The van der Waals surface area contributed by atoms with Crippen LogP contribution in [0.2, 0.25) is 5.02 Å². The highest BCUT2D eigenvalue weighted by molar-refractivity contribution is 6.30. The van der Waals surface area contributed by atoms with Crippen molar-refractivity contribution in [3.8, 4) is 11.5 Å². The van der Waals surface area contributed by atoms with Gasteiger partial charge in [0.05, 0.1) is 18.4 Å². The predicted octanol–water partition coefficient (Wildman–Crippen LogP) is 3.45. The van der Waals surface area contributed by atoms with Gasteiger partial charge in [-0.15, -0.1) is 5.10 Å². The first kappa shape index (κ1) is 18.3. The van der Waals surface area contributed by atoms with Crippen molar-refractivity contribution in [3.63, 3.8) is 0 Å². The molecule has 8 heteroatoms. The lowest BCUT2D eigenvalue weighted by Crippen LogP contribution is -2.44. The van der Waals surface area contributed by atoms with E-state index >= 15 is 0 Å². The number of nitrogens with zero attached hydrogens (tertiary/aromatic N) is 5. The van der Waals surface area contributed by atoms with Crippen LogP contribution in [0.25, 0.3) is 0 Å². The number of rotatable bonds is 5. The highest BCUT2D eigenvalue weighted by Gasteiger charge is 2.43. The highest BCUT2D eigenvalue weighted by atomic mass is 35.5. The van der Waals surface area contributed by atoms with Gasteiger partial charge in [-0.05, 0) is 52.2 Å². The number of hydrogen-bond acceptors (Lipinski definition) is 6. The van der Waals surface area contributed by atoms with Crippen LogP contribution < -0.4 is 4.74 Å². The largest absolute Gasteiger partial charge is 0.456 e. The average Bonchev–Trinajstić information content (AvgIpc) is 3.09. The van der Waals surface area contributed by atoms with E-state index in [0.29, 0.717) is 22.2 Å². The molecule has 1 atom stereocenters. The molecule has 26 heavy (non-hydrogen) atoms. The number of ether oxygens (including phenoxy) is 1. The molecule has 0 fully saturated rings. The van der Waals surface area contributed by atoms with Gasteiger partial charge < -0.3 is 9.84 Å². The van der Waals surface area contributed by atoms with Gasteiger partial charge in [0.2, 0.25) is 0 Å². The zero-order chi connectivity index (χ0) is 18.8. The van der Waals surface area contributed by atoms with Crippen LogP contribution >= 0.6 is 11.6 Å². The lowest BCUT2D eigenvalue weighted by atomic mass is 9.74. The minimum Gasteiger partial charge on any atom is -0.456 e. The molecule has 0 saturated carbocycles. The van der Waals surface area contributed by atoms with Gasteiger partial charge in [-0.3, -0.25) is 4.98 Å². The van der Waals surface area contributed by atoms with Gasteiger partial charge in [0.15, 0.2) is 0 Å². The Morgan fingerprint density at radius 3 is 2.31 bits per heavy atom.